The lowest BCUT2D eigenvalue weighted by atomic mass is 10.0. The van der Waals surface area contributed by atoms with Crippen LogP contribution in [-0.4, -0.2) is 80.8 Å². The fourth-order valence-electron chi connectivity index (χ4n) is 3.34. The molecule has 0 aromatic heterocycles. The number of sulfonamides is 1. The van der Waals surface area contributed by atoms with E-state index in [0.29, 0.717) is 45.6 Å². The predicted octanol–water partition coefficient (Wildman–Crippen LogP) is 0.0576. The number of nitrogens with zero attached hydrogens (tertiary/aromatic N) is 2. The van der Waals surface area contributed by atoms with E-state index in [-0.39, 0.29) is 36.5 Å². The fraction of sp³-hybridized carbons (Fsp3) is 0.929. The van der Waals surface area contributed by atoms with Gasteiger partial charge in [-0.15, -0.1) is 12.4 Å². The molecule has 2 fully saturated rings. The van der Waals surface area contributed by atoms with Gasteiger partial charge in [-0.25, -0.2) is 8.42 Å². The second kappa shape index (κ2) is 8.62. The smallest absolute Gasteiger partial charge is 0.242 e. The zero-order valence-electron chi connectivity index (χ0n) is 14.0. The van der Waals surface area contributed by atoms with Crippen molar-refractivity contribution in [1.82, 2.24) is 14.5 Å². The van der Waals surface area contributed by atoms with Crippen LogP contribution in [0.5, 0.6) is 0 Å². The largest absolute Gasteiger partial charge is 0.375 e. The number of nitrogens with one attached hydrogen (secondary N) is 1. The third-order valence-corrected chi connectivity index (χ3v) is 5.91. The molecule has 2 aliphatic rings. The van der Waals surface area contributed by atoms with Crippen molar-refractivity contribution in [3.05, 3.63) is 0 Å². The molecular formula is C14H28ClN3O4S. The molecule has 2 saturated heterocycles. The lowest BCUT2D eigenvalue weighted by molar-refractivity contribution is -0.140. The Morgan fingerprint density at radius 2 is 1.96 bits per heavy atom. The van der Waals surface area contributed by atoms with Crippen molar-refractivity contribution >= 4 is 28.3 Å². The summed E-state index contributed by atoms with van der Waals surface area (Å²) >= 11 is 0. The quantitative estimate of drug-likeness (QED) is 0.758. The van der Waals surface area contributed by atoms with Crippen LogP contribution < -0.4 is 5.32 Å². The highest BCUT2D eigenvalue weighted by atomic mass is 35.5. The Labute approximate surface area is 145 Å². The molecule has 7 nitrogen and oxygen atoms in total. The Morgan fingerprint density at radius 3 is 2.43 bits per heavy atom. The van der Waals surface area contributed by atoms with Crippen molar-refractivity contribution in [2.24, 2.45) is 0 Å². The van der Waals surface area contributed by atoms with Gasteiger partial charge in [0.1, 0.15) is 6.04 Å². The summed E-state index contributed by atoms with van der Waals surface area (Å²) in [6.45, 7) is 6.75. The Bertz CT molecular complexity index is 494. The third kappa shape index (κ3) is 5.03. The average Bonchev–Trinajstić information content (AvgIpc) is 2.47. The minimum atomic E-state index is -3.18. The number of likely N-dealkylation sites (tertiary alicyclic amines) is 1. The second-order valence-electron chi connectivity index (χ2n) is 6.03. The molecule has 1 N–H and O–H groups in total. The standard InChI is InChI=1S/C14H27N3O4S.ClH/c1-4-17(22(3,19)20)12-5-8-16(9-6-12)14(18)13-11(2)21-10-7-15-13;/h11-13,15H,4-10H2,1-3H3;1H/t11-,13+;/m1./s1. The highest BCUT2D eigenvalue weighted by molar-refractivity contribution is 7.88. The van der Waals surface area contributed by atoms with Crippen LogP contribution in [0.2, 0.25) is 0 Å². The maximum atomic E-state index is 12.6. The number of morpholine rings is 1. The molecule has 0 aromatic rings. The van der Waals surface area contributed by atoms with Crippen LogP contribution in [0, 0.1) is 0 Å². The number of halogens is 1. The summed E-state index contributed by atoms with van der Waals surface area (Å²) in [7, 11) is -3.18. The molecule has 2 aliphatic heterocycles. The first kappa shape index (κ1) is 20.6. The van der Waals surface area contributed by atoms with E-state index in [4.69, 9.17) is 4.74 Å². The number of rotatable bonds is 4. The molecule has 23 heavy (non-hydrogen) atoms. The second-order valence-corrected chi connectivity index (χ2v) is 7.97. The molecule has 0 aromatic carbocycles. The summed E-state index contributed by atoms with van der Waals surface area (Å²) in [5, 5.41) is 3.21. The number of piperidine rings is 1. The summed E-state index contributed by atoms with van der Waals surface area (Å²) in [6.07, 6.45) is 2.50. The van der Waals surface area contributed by atoms with Crippen LogP contribution in [0.15, 0.2) is 0 Å². The summed E-state index contributed by atoms with van der Waals surface area (Å²) < 4.78 is 30.6. The van der Waals surface area contributed by atoms with Crippen molar-refractivity contribution in [3.8, 4) is 0 Å². The Kier molecular flexibility index (Phi) is 7.73. The van der Waals surface area contributed by atoms with Gasteiger partial charge < -0.3 is 15.0 Å². The van der Waals surface area contributed by atoms with E-state index in [9.17, 15) is 13.2 Å². The molecule has 0 aliphatic carbocycles. The molecule has 1 amide bonds. The molecule has 0 unspecified atom stereocenters. The molecular weight excluding hydrogens is 342 g/mol. The van der Waals surface area contributed by atoms with E-state index in [1.165, 1.54) is 6.26 Å². The highest BCUT2D eigenvalue weighted by Crippen LogP contribution is 2.20. The minimum absolute atomic E-state index is 0. The fourth-order valence-corrected chi connectivity index (χ4v) is 4.57. The van der Waals surface area contributed by atoms with Crippen LogP contribution in [-0.2, 0) is 19.6 Å². The zero-order chi connectivity index (χ0) is 16.3. The number of carbonyl (C=O) groups excluding carboxylic acids is 1. The first-order valence-corrected chi connectivity index (χ1v) is 9.80. The van der Waals surface area contributed by atoms with Crippen LogP contribution >= 0.6 is 12.4 Å². The Hall–Kier alpha value is -0.410. The van der Waals surface area contributed by atoms with Gasteiger partial charge in [0.15, 0.2) is 0 Å². The van der Waals surface area contributed by atoms with Crippen LogP contribution in [0.4, 0.5) is 0 Å². The van der Waals surface area contributed by atoms with Gasteiger partial charge in [-0.3, -0.25) is 4.79 Å². The number of amides is 1. The summed E-state index contributed by atoms with van der Waals surface area (Å²) in [5.41, 5.74) is 0. The highest BCUT2D eigenvalue weighted by Gasteiger charge is 2.35. The van der Waals surface area contributed by atoms with Crippen molar-refractivity contribution in [1.29, 1.82) is 0 Å². The molecule has 2 rings (SSSR count). The van der Waals surface area contributed by atoms with E-state index in [1.54, 1.807) is 4.31 Å². The molecule has 0 saturated carbocycles. The van der Waals surface area contributed by atoms with Crippen LogP contribution in [0.3, 0.4) is 0 Å². The molecule has 9 heteroatoms. The first-order valence-electron chi connectivity index (χ1n) is 7.95. The minimum Gasteiger partial charge on any atom is -0.375 e. The molecule has 0 spiro atoms. The van der Waals surface area contributed by atoms with Crippen molar-refractivity contribution < 1.29 is 17.9 Å². The number of hydrogen-bond donors (Lipinski definition) is 1. The van der Waals surface area contributed by atoms with Gasteiger partial charge in [0, 0.05) is 32.2 Å². The maximum Gasteiger partial charge on any atom is 0.242 e. The van der Waals surface area contributed by atoms with Crippen LogP contribution in [0.25, 0.3) is 0 Å². The molecule has 136 valence electrons. The number of ether oxygens (including phenoxy) is 1. The zero-order valence-corrected chi connectivity index (χ0v) is 15.7. The van der Waals surface area contributed by atoms with Gasteiger partial charge in [0.2, 0.25) is 15.9 Å². The molecule has 0 radical (unpaired) electrons. The van der Waals surface area contributed by atoms with E-state index in [1.807, 2.05) is 18.7 Å². The van der Waals surface area contributed by atoms with E-state index in [2.05, 4.69) is 5.32 Å². The van der Waals surface area contributed by atoms with Gasteiger partial charge in [-0.1, -0.05) is 6.92 Å². The van der Waals surface area contributed by atoms with Gasteiger partial charge in [0.25, 0.3) is 0 Å². The summed E-state index contributed by atoms with van der Waals surface area (Å²) in [6, 6.07) is -0.292. The van der Waals surface area contributed by atoms with Gasteiger partial charge in [-0.05, 0) is 19.8 Å². The topological polar surface area (TPSA) is 79.0 Å². The maximum absolute atomic E-state index is 12.6. The van der Waals surface area contributed by atoms with E-state index in [0.717, 1.165) is 0 Å². The summed E-state index contributed by atoms with van der Waals surface area (Å²) in [4.78, 5) is 14.4. The molecule has 2 atom stereocenters. The van der Waals surface area contributed by atoms with Crippen molar-refractivity contribution in [2.75, 3.05) is 39.0 Å². The van der Waals surface area contributed by atoms with Gasteiger partial charge >= 0.3 is 0 Å². The number of hydrogen-bond acceptors (Lipinski definition) is 5. The molecule has 0 bridgehead atoms. The average molecular weight is 370 g/mol. The van der Waals surface area contributed by atoms with Crippen molar-refractivity contribution in [2.45, 2.75) is 44.9 Å². The van der Waals surface area contributed by atoms with Gasteiger partial charge in [0.05, 0.1) is 19.0 Å². The Morgan fingerprint density at radius 1 is 1.35 bits per heavy atom. The monoisotopic (exact) mass is 369 g/mol. The van der Waals surface area contributed by atoms with E-state index < -0.39 is 10.0 Å². The SMILES string of the molecule is CCN(C1CCN(C(=O)[C@H]2NCCO[C@@H]2C)CC1)S(C)(=O)=O.Cl. The lowest BCUT2D eigenvalue weighted by Gasteiger charge is -2.39. The normalized spacial score (nSPS) is 26.9. The van der Waals surface area contributed by atoms with Crippen molar-refractivity contribution in [3.63, 3.8) is 0 Å². The van der Waals surface area contributed by atoms with Crippen LogP contribution in [0.1, 0.15) is 26.7 Å². The number of carbonyl (C=O) groups is 1. The first-order chi connectivity index (χ1) is 10.3. The summed E-state index contributed by atoms with van der Waals surface area (Å²) in [5.74, 6) is 0.0630. The van der Waals surface area contributed by atoms with Gasteiger partial charge in [-0.2, -0.15) is 4.31 Å². The lowest BCUT2D eigenvalue weighted by Crippen LogP contribution is -2.58. The molecule has 2 heterocycles. The Balaban J connectivity index is 0.00000264. The predicted molar refractivity (Wildman–Crippen MR) is 91.3 cm³/mol. The third-order valence-electron chi connectivity index (χ3n) is 4.50. The van der Waals surface area contributed by atoms with E-state index >= 15 is 0 Å².